The summed E-state index contributed by atoms with van der Waals surface area (Å²) >= 11 is 0. The van der Waals surface area contributed by atoms with Crippen molar-refractivity contribution in [1.82, 2.24) is 4.40 Å². The molecule has 8 rings (SSSR count). The van der Waals surface area contributed by atoms with Crippen molar-refractivity contribution in [2.45, 2.75) is 12.8 Å². The summed E-state index contributed by atoms with van der Waals surface area (Å²) in [5.41, 5.74) is 14.3. The largest absolute Gasteiger partial charge is 0.316 e. The van der Waals surface area contributed by atoms with Gasteiger partial charge in [-0.3, -0.25) is 0 Å². The van der Waals surface area contributed by atoms with Crippen LogP contribution in [0.5, 0.6) is 0 Å². The van der Waals surface area contributed by atoms with E-state index in [0.29, 0.717) is 0 Å². The van der Waals surface area contributed by atoms with E-state index in [4.69, 9.17) is 0 Å². The van der Waals surface area contributed by atoms with E-state index in [1.807, 2.05) is 0 Å². The fraction of sp³-hybridized carbons (Fsp3) is 0.0667. The molecule has 0 N–H and O–H groups in total. The Balaban J connectivity index is 1.51. The van der Waals surface area contributed by atoms with Crippen molar-refractivity contribution in [2.75, 3.05) is 0 Å². The molecule has 2 aromatic heterocycles. The maximum Gasteiger partial charge on any atom is 0.0541 e. The first-order chi connectivity index (χ1) is 15.4. The topological polar surface area (TPSA) is 4.41 Å². The smallest absolute Gasteiger partial charge is 0.0541 e. The van der Waals surface area contributed by atoms with Gasteiger partial charge < -0.3 is 4.40 Å². The number of hydrogen-bond acceptors (Lipinski definition) is 0. The van der Waals surface area contributed by atoms with E-state index < -0.39 is 0 Å². The third-order valence-electron chi connectivity index (χ3n) is 7.49. The van der Waals surface area contributed by atoms with Crippen LogP contribution in [0.25, 0.3) is 49.4 Å². The van der Waals surface area contributed by atoms with E-state index in [-0.39, 0.29) is 0 Å². The minimum absolute atomic E-state index is 1.04. The second kappa shape index (κ2) is 5.44. The van der Waals surface area contributed by atoms with Gasteiger partial charge in [-0.15, -0.1) is 0 Å². The Morgan fingerprint density at radius 1 is 0.516 bits per heavy atom. The Hall–Kier alpha value is -3.84. The Bertz CT molecular complexity index is 1730. The van der Waals surface area contributed by atoms with Crippen LogP contribution in [0.1, 0.15) is 22.3 Å². The van der Waals surface area contributed by atoms with Crippen LogP contribution in [0.15, 0.2) is 91.1 Å². The van der Waals surface area contributed by atoms with Crippen LogP contribution in [0.2, 0.25) is 0 Å². The monoisotopic (exact) mass is 393 g/mol. The predicted molar refractivity (Wildman–Crippen MR) is 129 cm³/mol. The van der Waals surface area contributed by atoms with Gasteiger partial charge >= 0.3 is 0 Å². The van der Waals surface area contributed by atoms with Crippen LogP contribution in [-0.2, 0) is 12.8 Å². The summed E-state index contributed by atoms with van der Waals surface area (Å²) in [7, 11) is 0. The SMILES string of the molecule is c1ccc2c(c1)Cc1c-2ccc2c1Cc1ccc3c4ccccc4n4cccc4c3c1-2. The van der Waals surface area contributed by atoms with Gasteiger partial charge in [0.1, 0.15) is 0 Å². The first-order valence-corrected chi connectivity index (χ1v) is 11.1. The highest BCUT2D eigenvalue weighted by molar-refractivity contribution is 6.19. The number of benzene rings is 4. The lowest BCUT2D eigenvalue weighted by Gasteiger charge is -2.14. The molecule has 2 aliphatic carbocycles. The molecule has 0 amide bonds. The maximum absolute atomic E-state index is 2.39. The molecule has 0 saturated heterocycles. The summed E-state index contributed by atoms with van der Waals surface area (Å²) in [5, 5.41) is 4.08. The molecule has 0 spiro atoms. The van der Waals surface area contributed by atoms with Gasteiger partial charge in [0.2, 0.25) is 0 Å². The van der Waals surface area contributed by atoms with Crippen LogP contribution < -0.4 is 0 Å². The Morgan fingerprint density at radius 3 is 2.29 bits per heavy atom. The zero-order chi connectivity index (χ0) is 20.1. The molecule has 6 aromatic rings. The Labute approximate surface area is 180 Å². The van der Waals surface area contributed by atoms with Gasteiger partial charge in [-0.25, -0.2) is 0 Å². The van der Waals surface area contributed by atoms with E-state index in [2.05, 4.69) is 95.5 Å². The molecule has 0 fully saturated rings. The number of nitrogens with zero attached hydrogens (tertiary/aromatic N) is 1. The fourth-order valence-corrected chi connectivity index (χ4v) is 6.20. The normalized spacial score (nSPS) is 13.5. The lowest BCUT2D eigenvalue weighted by atomic mass is 9.93. The second-order valence-corrected chi connectivity index (χ2v) is 8.93. The minimum atomic E-state index is 1.04. The molecular formula is C30H19N. The summed E-state index contributed by atoms with van der Waals surface area (Å²) in [6.07, 6.45) is 4.30. The molecule has 0 saturated carbocycles. The van der Waals surface area contributed by atoms with Crippen molar-refractivity contribution < 1.29 is 0 Å². The number of hydrogen-bond donors (Lipinski definition) is 0. The summed E-state index contributed by atoms with van der Waals surface area (Å²) < 4.78 is 2.36. The summed E-state index contributed by atoms with van der Waals surface area (Å²) in [5.74, 6) is 0. The van der Waals surface area contributed by atoms with E-state index in [1.54, 1.807) is 0 Å². The quantitative estimate of drug-likeness (QED) is 0.237. The molecule has 0 bridgehead atoms. The predicted octanol–water partition coefficient (Wildman–Crippen LogP) is 7.39. The number of aromatic nitrogens is 1. The highest BCUT2D eigenvalue weighted by atomic mass is 14.9. The van der Waals surface area contributed by atoms with Crippen LogP contribution in [0.4, 0.5) is 0 Å². The van der Waals surface area contributed by atoms with Crippen molar-refractivity contribution in [3.05, 3.63) is 113 Å². The van der Waals surface area contributed by atoms with Gasteiger partial charge in [-0.1, -0.05) is 66.7 Å². The van der Waals surface area contributed by atoms with Crippen LogP contribution in [-0.4, -0.2) is 4.40 Å². The van der Waals surface area contributed by atoms with Gasteiger partial charge in [0, 0.05) is 17.0 Å². The molecule has 1 heteroatoms. The van der Waals surface area contributed by atoms with Crippen LogP contribution in [0, 0.1) is 0 Å². The fourth-order valence-electron chi connectivity index (χ4n) is 6.20. The lowest BCUT2D eigenvalue weighted by molar-refractivity contribution is 1.16. The molecule has 2 heterocycles. The van der Waals surface area contributed by atoms with Gasteiger partial charge in [0.05, 0.1) is 11.0 Å². The lowest BCUT2D eigenvalue weighted by Crippen LogP contribution is -1.92. The van der Waals surface area contributed by atoms with Gasteiger partial charge in [-0.2, -0.15) is 0 Å². The van der Waals surface area contributed by atoms with Gasteiger partial charge in [-0.05, 0) is 80.9 Å². The van der Waals surface area contributed by atoms with Crippen molar-refractivity contribution in [3.8, 4) is 22.3 Å². The molecular weight excluding hydrogens is 374 g/mol. The second-order valence-electron chi connectivity index (χ2n) is 8.93. The molecule has 0 atom stereocenters. The molecule has 0 aliphatic heterocycles. The van der Waals surface area contributed by atoms with Crippen molar-refractivity contribution in [2.24, 2.45) is 0 Å². The number of fused-ring (bicyclic) bond motifs is 14. The average Bonchev–Trinajstić information content (AvgIpc) is 3.53. The Morgan fingerprint density at radius 2 is 1.29 bits per heavy atom. The van der Waals surface area contributed by atoms with E-state index in [1.165, 1.54) is 71.7 Å². The molecule has 144 valence electrons. The molecule has 31 heavy (non-hydrogen) atoms. The Kier molecular flexibility index (Phi) is 2.80. The molecule has 0 radical (unpaired) electrons. The molecule has 4 aromatic carbocycles. The van der Waals surface area contributed by atoms with E-state index >= 15 is 0 Å². The van der Waals surface area contributed by atoms with Crippen molar-refractivity contribution in [1.29, 1.82) is 0 Å². The first kappa shape index (κ1) is 15.9. The summed E-state index contributed by atoms with van der Waals surface area (Å²) in [6, 6.07) is 31.6. The highest BCUT2D eigenvalue weighted by Crippen LogP contribution is 2.49. The average molecular weight is 393 g/mol. The van der Waals surface area contributed by atoms with Crippen molar-refractivity contribution in [3.63, 3.8) is 0 Å². The number of para-hydroxylation sites is 1. The van der Waals surface area contributed by atoms with Gasteiger partial charge in [0.15, 0.2) is 0 Å². The van der Waals surface area contributed by atoms with Crippen LogP contribution in [0.3, 0.4) is 0 Å². The van der Waals surface area contributed by atoms with Crippen molar-refractivity contribution >= 4 is 27.2 Å². The van der Waals surface area contributed by atoms with E-state index in [0.717, 1.165) is 12.8 Å². The summed E-state index contributed by atoms with van der Waals surface area (Å²) in [4.78, 5) is 0. The number of pyridine rings is 1. The zero-order valence-corrected chi connectivity index (χ0v) is 17.0. The first-order valence-electron chi connectivity index (χ1n) is 11.1. The third kappa shape index (κ3) is 1.88. The van der Waals surface area contributed by atoms with E-state index in [9.17, 15) is 0 Å². The third-order valence-corrected chi connectivity index (χ3v) is 7.49. The standard InChI is InChI=1S/C30H19N/c1-2-7-20-18(6-1)16-25-21(20)13-14-24-26(25)17-19-11-12-23-22-8-3-4-9-27(22)31-15-5-10-28(31)30(23)29(19)24/h1-15H,16-17H2. The maximum atomic E-state index is 2.39. The van der Waals surface area contributed by atoms with Gasteiger partial charge in [0.25, 0.3) is 0 Å². The molecule has 2 aliphatic rings. The zero-order valence-electron chi connectivity index (χ0n) is 17.0. The molecule has 1 nitrogen and oxygen atoms in total. The molecule has 0 unspecified atom stereocenters. The van der Waals surface area contributed by atoms with Crippen LogP contribution >= 0.6 is 0 Å². The highest BCUT2D eigenvalue weighted by Gasteiger charge is 2.29. The minimum Gasteiger partial charge on any atom is -0.316 e. The number of rotatable bonds is 0. The summed E-state index contributed by atoms with van der Waals surface area (Å²) in [6.45, 7) is 0.